The molecule has 1 amide bonds. The van der Waals surface area contributed by atoms with Crippen LogP contribution in [0.2, 0.25) is 0 Å². The van der Waals surface area contributed by atoms with Gasteiger partial charge in [-0.3, -0.25) is 4.79 Å². The van der Waals surface area contributed by atoms with Gasteiger partial charge in [-0.25, -0.2) is 0 Å². The predicted octanol–water partition coefficient (Wildman–Crippen LogP) is 2.61. The Kier molecular flexibility index (Phi) is 5.64. The van der Waals surface area contributed by atoms with Gasteiger partial charge in [0.2, 0.25) is 5.91 Å². The smallest absolute Gasteiger partial charge is 0.216 e. The third-order valence-corrected chi connectivity index (χ3v) is 2.83. The largest absolute Gasteiger partial charge is 0.489 e. The number of nitrogens with one attached hydrogen (secondary N) is 2. The maximum absolute atomic E-state index is 10.8. The minimum atomic E-state index is -0.0200. The van der Waals surface area contributed by atoms with E-state index in [1.165, 1.54) is 6.92 Å². The van der Waals surface area contributed by atoms with Crippen molar-refractivity contribution < 1.29 is 9.53 Å². The van der Waals surface area contributed by atoms with Crippen molar-refractivity contribution in [2.45, 2.75) is 13.5 Å². The van der Waals surface area contributed by atoms with E-state index in [2.05, 4.69) is 16.7 Å². The van der Waals surface area contributed by atoms with Crippen LogP contribution in [-0.2, 0) is 11.4 Å². The Morgan fingerprint density at radius 2 is 2.00 bits per heavy atom. The highest BCUT2D eigenvalue weighted by molar-refractivity contribution is 5.72. The number of rotatable bonds is 7. The molecule has 4 heteroatoms. The predicted molar refractivity (Wildman–Crippen MR) is 83.2 cm³/mol. The van der Waals surface area contributed by atoms with Crippen molar-refractivity contribution in [2.24, 2.45) is 0 Å². The molecule has 21 heavy (non-hydrogen) atoms. The molecule has 0 aliphatic rings. The quantitative estimate of drug-likeness (QED) is 0.768. The lowest BCUT2D eigenvalue weighted by atomic mass is 10.2. The van der Waals surface area contributed by atoms with Crippen LogP contribution in [0.1, 0.15) is 12.5 Å². The normalized spacial score (nSPS) is 9.95. The van der Waals surface area contributed by atoms with Crippen LogP contribution in [0.25, 0.3) is 0 Å². The van der Waals surface area contributed by atoms with Crippen molar-refractivity contribution in [3.8, 4) is 5.75 Å². The van der Waals surface area contributed by atoms with E-state index in [1.54, 1.807) is 0 Å². The maximum Gasteiger partial charge on any atom is 0.216 e. The number of amides is 1. The SMILES string of the molecule is CC(=O)NCCNc1c[c]cc(COc2ccccc2)c1. The monoisotopic (exact) mass is 283 g/mol. The van der Waals surface area contributed by atoms with Crippen LogP contribution in [-0.4, -0.2) is 19.0 Å². The summed E-state index contributed by atoms with van der Waals surface area (Å²) in [5.74, 6) is 0.829. The Hall–Kier alpha value is -2.49. The molecule has 1 radical (unpaired) electrons. The number of hydrogen-bond acceptors (Lipinski definition) is 3. The molecule has 0 saturated heterocycles. The van der Waals surface area contributed by atoms with Crippen molar-refractivity contribution in [1.82, 2.24) is 5.32 Å². The second kappa shape index (κ2) is 7.94. The Labute approximate surface area is 125 Å². The van der Waals surface area contributed by atoms with Crippen molar-refractivity contribution in [2.75, 3.05) is 18.4 Å². The molecule has 2 N–H and O–H groups in total. The Morgan fingerprint density at radius 1 is 1.19 bits per heavy atom. The van der Waals surface area contributed by atoms with Gasteiger partial charge < -0.3 is 15.4 Å². The number of benzene rings is 2. The molecule has 0 unspecified atom stereocenters. The maximum atomic E-state index is 10.8. The van der Waals surface area contributed by atoms with Crippen molar-refractivity contribution in [3.63, 3.8) is 0 Å². The second-order valence-corrected chi connectivity index (χ2v) is 4.64. The van der Waals surface area contributed by atoms with Crippen LogP contribution in [0, 0.1) is 6.07 Å². The Balaban J connectivity index is 1.81. The molecule has 2 rings (SSSR count). The van der Waals surface area contributed by atoms with E-state index in [9.17, 15) is 4.79 Å². The van der Waals surface area contributed by atoms with Gasteiger partial charge in [0.1, 0.15) is 12.4 Å². The van der Waals surface area contributed by atoms with E-state index >= 15 is 0 Å². The summed E-state index contributed by atoms with van der Waals surface area (Å²) in [7, 11) is 0. The van der Waals surface area contributed by atoms with Gasteiger partial charge in [0.25, 0.3) is 0 Å². The summed E-state index contributed by atoms with van der Waals surface area (Å²) >= 11 is 0. The molecule has 4 nitrogen and oxygen atoms in total. The van der Waals surface area contributed by atoms with E-state index in [-0.39, 0.29) is 5.91 Å². The zero-order valence-electron chi connectivity index (χ0n) is 12.1. The fourth-order valence-corrected chi connectivity index (χ4v) is 1.84. The third kappa shape index (κ3) is 5.57. The summed E-state index contributed by atoms with van der Waals surface area (Å²) in [5.41, 5.74) is 2.01. The number of ether oxygens (including phenoxy) is 1. The fraction of sp³-hybridized carbons (Fsp3) is 0.235. The van der Waals surface area contributed by atoms with Crippen molar-refractivity contribution >= 4 is 11.6 Å². The van der Waals surface area contributed by atoms with Gasteiger partial charge in [-0.05, 0) is 42.0 Å². The standard InChI is InChI=1S/C17H19N2O2/c1-14(20)18-10-11-19-16-7-5-6-15(12-16)13-21-17-8-3-2-4-9-17/h2-4,6-9,12,19H,10-11,13H2,1H3,(H,18,20). The Bertz CT molecular complexity index is 570. The number of hydrogen-bond donors (Lipinski definition) is 2. The van der Waals surface area contributed by atoms with Crippen LogP contribution in [0.3, 0.4) is 0 Å². The molecule has 0 aliphatic carbocycles. The minimum Gasteiger partial charge on any atom is -0.489 e. The number of carbonyl (C=O) groups is 1. The van der Waals surface area contributed by atoms with Crippen LogP contribution in [0.5, 0.6) is 5.75 Å². The van der Waals surface area contributed by atoms with Gasteiger partial charge >= 0.3 is 0 Å². The molecule has 0 bridgehead atoms. The van der Waals surface area contributed by atoms with E-state index in [0.29, 0.717) is 19.7 Å². The lowest BCUT2D eigenvalue weighted by molar-refractivity contribution is -0.118. The van der Waals surface area contributed by atoms with Gasteiger partial charge in [-0.1, -0.05) is 18.2 Å². The van der Waals surface area contributed by atoms with Crippen molar-refractivity contribution in [3.05, 3.63) is 60.2 Å². The first-order valence-corrected chi connectivity index (χ1v) is 6.90. The third-order valence-electron chi connectivity index (χ3n) is 2.83. The van der Waals surface area contributed by atoms with Crippen LogP contribution in [0.4, 0.5) is 5.69 Å². The summed E-state index contributed by atoms with van der Waals surface area (Å²) in [4.78, 5) is 10.8. The molecule has 2 aromatic rings. The minimum absolute atomic E-state index is 0.0200. The summed E-state index contributed by atoms with van der Waals surface area (Å²) in [6, 6.07) is 18.6. The Morgan fingerprint density at radius 3 is 2.76 bits per heavy atom. The van der Waals surface area contributed by atoms with Gasteiger partial charge in [0.05, 0.1) is 0 Å². The van der Waals surface area contributed by atoms with E-state index in [4.69, 9.17) is 4.74 Å². The molecular formula is C17H19N2O2. The first-order valence-electron chi connectivity index (χ1n) is 6.90. The topological polar surface area (TPSA) is 50.4 Å². The van der Waals surface area contributed by atoms with Gasteiger partial charge in [0.15, 0.2) is 0 Å². The van der Waals surface area contributed by atoms with E-state index in [0.717, 1.165) is 17.0 Å². The number of para-hydroxylation sites is 1. The van der Waals surface area contributed by atoms with Crippen LogP contribution in [0.15, 0.2) is 48.5 Å². The lowest BCUT2D eigenvalue weighted by Crippen LogP contribution is -2.26. The van der Waals surface area contributed by atoms with Gasteiger partial charge in [0, 0.05) is 25.7 Å². The molecule has 0 aliphatic heterocycles. The fourth-order valence-electron chi connectivity index (χ4n) is 1.84. The number of anilines is 1. The molecule has 0 saturated carbocycles. The average Bonchev–Trinajstić information content (AvgIpc) is 2.51. The summed E-state index contributed by atoms with van der Waals surface area (Å²) in [6.07, 6.45) is 0. The first-order chi connectivity index (χ1) is 10.2. The van der Waals surface area contributed by atoms with Crippen LogP contribution < -0.4 is 15.4 Å². The number of carbonyl (C=O) groups excluding carboxylic acids is 1. The van der Waals surface area contributed by atoms with Gasteiger partial charge in [-0.2, -0.15) is 0 Å². The zero-order chi connectivity index (χ0) is 14.9. The summed E-state index contributed by atoms with van der Waals surface area (Å²) in [6.45, 7) is 3.29. The highest BCUT2D eigenvalue weighted by Gasteiger charge is 1.98. The first kappa shape index (κ1) is 14.9. The second-order valence-electron chi connectivity index (χ2n) is 4.64. The lowest BCUT2D eigenvalue weighted by Gasteiger charge is -2.10. The molecule has 0 atom stereocenters. The van der Waals surface area contributed by atoms with Gasteiger partial charge in [-0.15, -0.1) is 0 Å². The highest BCUT2D eigenvalue weighted by Crippen LogP contribution is 2.14. The average molecular weight is 283 g/mol. The van der Waals surface area contributed by atoms with E-state index < -0.39 is 0 Å². The van der Waals surface area contributed by atoms with E-state index in [1.807, 2.05) is 48.5 Å². The highest BCUT2D eigenvalue weighted by atomic mass is 16.5. The molecule has 2 aromatic carbocycles. The molecule has 0 aromatic heterocycles. The molecule has 0 heterocycles. The molecule has 0 spiro atoms. The van der Waals surface area contributed by atoms with Crippen LogP contribution >= 0.6 is 0 Å². The molecular weight excluding hydrogens is 264 g/mol. The molecule has 0 fully saturated rings. The zero-order valence-corrected chi connectivity index (χ0v) is 12.1. The van der Waals surface area contributed by atoms with Crippen molar-refractivity contribution in [1.29, 1.82) is 0 Å². The summed E-state index contributed by atoms with van der Waals surface area (Å²) in [5, 5.41) is 5.98. The molecule has 109 valence electrons. The summed E-state index contributed by atoms with van der Waals surface area (Å²) < 4.78 is 5.70.